The molecule has 216 valence electrons. The summed E-state index contributed by atoms with van der Waals surface area (Å²) in [5.41, 5.74) is 2.48. The molecule has 0 heteroatoms. The molecule has 0 saturated heterocycles. The van der Waals surface area contributed by atoms with E-state index in [1.54, 1.807) is 0 Å². The van der Waals surface area contributed by atoms with Crippen LogP contribution in [0.4, 0.5) is 0 Å². The van der Waals surface area contributed by atoms with E-state index in [9.17, 15) is 0 Å². The van der Waals surface area contributed by atoms with Crippen LogP contribution in [0.1, 0.15) is 192 Å². The summed E-state index contributed by atoms with van der Waals surface area (Å²) in [6.45, 7) is 26.3. The summed E-state index contributed by atoms with van der Waals surface area (Å²) in [7, 11) is 0. The molecule has 4 aliphatic carbocycles. The Bertz CT molecular complexity index is 523. The molecule has 0 unspecified atom stereocenters. The molecule has 4 aliphatic rings. The third-order valence-corrected chi connectivity index (χ3v) is 11.1. The van der Waals surface area contributed by atoms with Crippen molar-refractivity contribution in [3.8, 4) is 0 Å². The van der Waals surface area contributed by atoms with Crippen LogP contribution in [0.5, 0.6) is 0 Å². The molecule has 0 nitrogen and oxygen atoms in total. The van der Waals surface area contributed by atoms with Crippen molar-refractivity contribution >= 4 is 0 Å². The predicted octanol–water partition coefficient (Wildman–Crippen LogP) is 13.0. The van der Waals surface area contributed by atoms with Crippen molar-refractivity contribution in [3.05, 3.63) is 0 Å². The minimum atomic E-state index is 0.571. The van der Waals surface area contributed by atoms with Gasteiger partial charge in [-0.2, -0.15) is 0 Å². The molecule has 0 aromatic carbocycles. The van der Waals surface area contributed by atoms with Gasteiger partial charge in [0.2, 0.25) is 0 Å². The Morgan fingerprint density at radius 3 is 1.19 bits per heavy atom. The first-order valence-corrected chi connectivity index (χ1v) is 16.6. The van der Waals surface area contributed by atoms with Crippen molar-refractivity contribution < 1.29 is 0 Å². The molecule has 0 bridgehead atoms. The lowest BCUT2D eigenvalue weighted by molar-refractivity contribution is 0.0286. The highest BCUT2D eigenvalue weighted by molar-refractivity contribution is 4.90. The van der Waals surface area contributed by atoms with E-state index in [1.807, 2.05) is 0 Å². The molecule has 0 spiro atoms. The highest BCUT2D eigenvalue weighted by Crippen LogP contribution is 2.50. The second-order valence-corrected chi connectivity index (χ2v) is 16.5. The second-order valence-electron chi connectivity index (χ2n) is 16.5. The molecular weight excluding hydrogens is 432 g/mol. The standard InChI is InChI=1S/C11H22.C9H18.2C8H16/c1-9-10(2,3)7-6-8-11(9,4)5;1-8-4-6-9(2,3)7-5-8;1-8(2)6-4-3-5-7-8;1-2-8-6-4-3-5-7-8/h9H,6-8H2,1-5H3;8H,4-7H2,1-3H3;3-7H2,1-2H3;8H,2-7H2,1H3. The summed E-state index contributed by atoms with van der Waals surface area (Å²) < 4.78 is 0. The first kappa shape index (κ1) is 34.0. The zero-order chi connectivity index (χ0) is 27.5. The minimum Gasteiger partial charge on any atom is -0.0651 e. The van der Waals surface area contributed by atoms with Gasteiger partial charge in [0.1, 0.15) is 0 Å². The van der Waals surface area contributed by atoms with Crippen molar-refractivity contribution in [2.24, 2.45) is 39.4 Å². The summed E-state index contributed by atoms with van der Waals surface area (Å²) in [6, 6.07) is 0. The summed E-state index contributed by atoms with van der Waals surface area (Å²) in [4.78, 5) is 0. The van der Waals surface area contributed by atoms with Gasteiger partial charge in [-0.15, -0.1) is 0 Å². The summed E-state index contributed by atoms with van der Waals surface area (Å²) in [6.07, 6.45) is 26.3. The molecule has 0 N–H and O–H groups in total. The van der Waals surface area contributed by atoms with Gasteiger partial charge >= 0.3 is 0 Å². The van der Waals surface area contributed by atoms with Crippen molar-refractivity contribution in [1.29, 1.82) is 0 Å². The summed E-state index contributed by atoms with van der Waals surface area (Å²) >= 11 is 0. The smallest absolute Gasteiger partial charge is 0.0323 e. The average molecular weight is 505 g/mol. The van der Waals surface area contributed by atoms with Gasteiger partial charge in [-0.25, -0.2) is 0 Å². The van der Waals surface area contributed by atoms with E-state index in [0.717, 1.165) is 17.8 Å². The zero-order valence-electron chi connectivity index (χ0n) is 27.5. The second kappa shape index (κ2) is 15.6. The van der Waals surface area contributed by atoms with Crippen LogP contribution in [0.15, 0.2) is 0 Å². The molecule has 36 heavy (non-hydrogen) atoms. The van der Waals surface area contributed by atoms with E-state index >= 15 is 0 Å². The first-order valence-electron chi connectivity index (χ1n) is 16.6. The maximum Gasteiger partial charge on any atom is -0.0323 e. The monoisotopic (exact) mass is 505 g/mol. The van der Waals surface area contributed by atoms with Gasteiger partial charge in [0.15, 0.2) is 0 Å². The third-order valence-electron chi connectivity index (χ3n) is 11.1. The SMILES string of the molecule is CC1(C)CCCCC1.CC1C(C)(C)CCCC1(C)C.CC1CCC(C)(C)CC1.CCC1CCCCC1. The maximum absolute atomic E-state index is 2.42. The predicted molar refractivity (Wildman–Crippen MR) is 166 cm³/mol. The Kier molecular flexibility index (Phi) is 14.7. The van der Waals surface area contributed by atoms with E-state index in [2.05, 4.69) is 76.2 Å². The van der Waals surface area contributed by atoms with Gasteiger partial charge in [0.05, 0.1) is 0 Å². The van der Waals surface area contributed by atoms with Gasteiger partial charge in [-0.1, -0.05) is 153 Å². The largest absolute Gasteiger partial charge is 0.0651 e. The molecule has 4 saturated carbocycles. The fourth-order valence-corrected chi connectivity index (χ4v) is 7.14. The Morgan fingerprint density at radius 2 is 0.889 bits per heavy atom. The lowest BCUT2D eigenvalue weighted by atomic mass is 9.58. The van der Waals surface area contributed by atoms with Gasteiger partial charge < -0.3 is 0 Å². The highest BCUT2D eigenvalue weighted by Gasteiger charge is 2.40. The molecule has 4 fully saturated rings. The van der Waals surface area contributed by atoms with Crippen molar-refractivity contribution in [2.75, 3.05) is 0 Å². The fraction of sp³-hybridized carbons (Fsp3) is 1.00. The molecule has 0 atom stereocenters. The highest BCUT2D eigenvalue weighted by atomic mass is 14.5. The van der Waals surface area contributed by atoms with E-state index in [1.165, 1.54) is 116 Å². The van der Waals surface area contributed by atoms with E-state index < -0.39 is 0 Å². The molecule has 0 radical (unpaired) electrons. The topological polar surface area (TPSA) is 0 Å². The quantitative estimate of drug-likeness (QED) is 0.333. The molecule has 0 amide bonds. The third kappa shape index (κ3) is 13.7. The Morgan fingerprint density at radius 1 is 0.472 bits per heavy atom. The van der Waals surface area contributed by atoms with Gasteiger partial charge in [0, 0.05) is 0 Å². The van der Waals surface area contributed by atoms with Crippen LogP contribution < -0.4 is 0 Å². The van der Waals surface area contributed by atoms with Crippen molar-refractivity contribution in [1.82, 2.24) is 0 Å². The van der Waals surface area contributed by atoms with Crippen LogP contribution in [0.3, 0.4) is 0 Å². The molecular formula is C36H72. The number of hydrogen-bond acceptors (Lipinski definition) is 0. The van der Waals surface area contributed by atoms with Gasteiger partial charge in [-0.3, -0.25) is 0 Å². The van der Waals surface area contributed by atoms with Crippen molar-refractivity contribution in [3.63, 3.8) is 0 Å². The summed E-state index contributed by atoms with van der Waals surface area (Å²) in [5, 5.41) is 0. The van der Waals surface area contributed by atoms with Crippen LogP contribution in [-0.4, -0.2) is 0 Å². The van der Waals surface area contributed by atoms with E-state index in [-0.39, 0.29) is 0 Å². The minimum absolute atomic E-state index is 0.571. The van der Waals surface area contributed by atoms with Gasteiger partial charge in [0.25, 0.3) is 0 Å². The number of hydrogen-bond donors (Lipinski definition) is 0. The van der Waals surface area contributed by atoms with Crippen LogP contribution in [-0.2, 0) is 0 Å². The normalized spacial score (nSPS) is 27.8. The lowest BCUT2D eigenvalue weighted by Gasteiger charge is -2.47. The van der Waals surface area contributed by atoms with Gasteiger partial charge in [-0.05, 0) is 77.9 Å². The van der Waals surface area contributed by atoms with Crippen LogP contribution in [0.25, 0.3) is 0 Å². The maximum atomic E-state index is 2.42. The zero-order valence-corrected chi connectivity index (χ0v) is 27.5. The number of rotatable bonds is 1. The van der Waals surface area contributed by atoms with E-state index in [4.69, 9.17) is 0 Å². The Labute approximate surface area is 231 Å². The fourth-order valence-electron chi connectivity index (χ4n) is 7.14. The Hall–Kier alpha value is 0. The van der Waals surface area contributed by atoms with E-state index in [0.29, 0.717) is 21.7 Å². The van der Waals surface area contributed by atoms with Crippen LogP contribution in [0, 0.1) is 39.4 Å². The van der Waals surface area contributed by atoms with Crippen LogP contribution in [0.2, 0.25) is 0 Å². The van der Waals surface area contributed by atoms with Crippen LogP contribution >= 0.6 is 0 Å². The molecule has 0 heterocycles. The first-order chi connectivity index (χ1) is 16.6. The average Bonchev–Trinajstić information content (AvgIpc) is 2.81. The Balaban J connectivity index is 0.000000242. The lowest BCUT2D eigenvalue weighted by Crippen LogP contribution is -2.38. The molecule has 4 rings (SSSR count). The molecule has 0 aliphatic heterocycles. The van der Waals surface area contributed by atoms with Crippen molar-refractivity contribution in [2.45, 2.75) is 192 Å². The summed E-state index contributed by atoms with van der Waals surface area (Å²) in [5.74, 6) is 2.95. The molecule has 0 aromatic heterocycles. The molecule has 0 aromatic rings.